The van der Waals surface area contributed by atoms with Gasteiger partial charge in [0.05, 0.1) is 19.1 Å². The van der Waals surface area contributed by atoms with Crippen molar-refractivity contribution in [3.63, 3.8) is 0 Å². The van der Waals surface area contributed by atoms with Gasteiger partial charge < -0.3 is 18.9 Å². The highest BCUT2D eigenvalue weighted by Gasteiger charge is 2.36. The van der Waals surface area contributed by atoms with Crippen LogP contribution in [0.5, 0.6) is 0 Å². The van der Waals surface area contributed by atoms with Crippen LogP contribution in [0.15, 0.2) is 50.7 Å². The fourth-order valence-electron chi connectivity index (χ4n) is 4.22. The SMILES string of the molecule is COCCCNC(=O)C1CCN(CC(=O)N2N=C(c3ccco3)CC2c2ccco2)CC1. The Morgan fingerprint density at radius 2 is 1.97 bits per heavy atom. The second-order valence-electron chi connectivity index (χ2n) is 8.19. The Balaban J connectivity index is 1.32. The summed E-state index contributed by atoms with van der Waals surface area (Å²) >= 11 is 0. The van der Waals surface area contributed by atoms with Crippen molar-refractivity contribution in [2.75, 3.05) is 39.9 Å². The standard InChI is InChI=1S/C23H30N4O5/c1-30-12-4-9-24-23(29)17-7-10-26(11-8-17)16-22(28)27-19(21-6-3-14-32-21)15-18(25-27)20-5-2-13-31-20/h2-3,5-6,13-14,17,19H,4,7-12,15-16H2,1H3,(H,24,29). The van der Waals surface area contributed by atoms with Crippen LogP contribution in [-0.4, -0.2) is 67.3 Å². The molecule has 0 saturated carbocycles. The summed E-state index contributed by atoms with van der Waals surface area (Å²) < 4.78 is 16.1. The Morgan fingerprint density at radius 3 is 2.66 bits per heavy atom. The number of nitrogens with zero attached hydrogens (tertiary/aromatic N) is 3. The van der Waals surface area contributed by atoms with Crippen molar-refractivity contribution in [3.8, 4) is 0 Å². The number of nitrogens with one attached hydrogen (secondary N) is 1. The molecule has 1 saturated heterocycles. The van der Waals surface area contributed by atoms with Crippen LogP contribution in [0, 0.1) is 5.92 Å². The second kappa shape index (κ2) is 10.6. The molecule has 1 N–H and O–H groups in total. The van der Waals surface area contributed by atoms with E-state index in [0.717, 1.165) is 25.0 Å². The molecule has 2 aromatic heterocycles. The van der Waals surface area contributed by atoms with E-state index < -0.39 is 0 Å². The molecule has 9 nitrogen and oxygen atoms in total. The first-order valence-corrected chi connectivity index (χ1v) is 11.1. The molecule has 2 amide bonds. The number of hydrazone groups is 1. The second-order valence-corrected chi connectivity index (χ2v) is 8.19. The Hall–Kier alpha value is -2.91. The molecule has 0 spiro atoms. The van der Waals surface area contributed by atoms with Crippen molar-refractivity contribution in [2.45, 2.75) is 31.7 Å². The van der Waals surface area contributed by atoms with Gasteiger partial charge in [-0.3, -0.25) is 14.5 Å². The summed E-state index contributed by atoms with van der Waals surface area (Å²) in [6, 6.07) is 7.04. The summed E-state index contributed by atoms with van der Waals surface area (Å²) in [5, 5.41) is 9.07. The summed E-state index contributed by atoms with van der Waals surface area (Å²) in [5.74, 6) is 1.37. The van der Waals surface area contributed by atoms with Gasteiger partial charge in [-0.25, -0.2) is 5.01 Å². The van der Waals surface area contributed by atoms with E-state index in [2.05, 4.69) is 15.3 Å². The van der Waals surface area contributed by atoms with Crippen LogP contribution in [0.1, 0.15) is 43.2 Å². The quantitative estimate of drug-likeness (QED) is 0.599. The lowest BCUT2D eigenvalue weighted by Gasteiger charge is -2.32. The molecule has 9 heteroatoms. The maximum Gasteiger partial charge on any atom is 0.257 e. The maximum absolute atomic E-state index is 13.2. The molecule has 0 bridgehead atoms. The van der Waals surface area contributed by atoms with Gasteiger partial charge in [-0.05, 0) is 56.6 Å². The first-order valence-electron chi connectivity index (χ1n) is 11.1. The Bertz CT molecular complexity index is 901. The van der Waals surface area contributed by atoms with Crippen LogP contribution in [0.3, 0.4) is 0 Å². The lowest BCUT2D eigenvalue weighted by molar-refractivity contribution is -0.135. The average molecular weight is 443 g/mol. The van der Waals surface area contributed by atoms with E-state index in [1.54, 1.807) is 19.6 Å². The number of furan rings is 2. The number of hydrogen-bond acceptors (Lipinski definition) is 7. The van der Waals surface area contributed by atoms with Gasteiger partial charge in [-0.1, -0.05) is 0 Å². The van der Waals surface area contributed by atoms with E-state index in [0.29, 0.717) is 44.2 Å². The molecule has 2 aliphatic heterocycles. The molecule has 1 atom stereocenters. The minimum Gasteiger partial charge on any atom is -0.467 e. The third-order valence-corrected chi connectivity index (χ3v) is 5.98. The van der Waals surface area contributed by atoms with Crippen LogP contribution in [0.25, 0.3) is 0 Å². The van der Waals surface area contributed by atoms with Gasteiger partial charge in [-0.15, -0.1) is 0 Å². The fourth-order valence-corrected chi connectivity index (χ4v) is 4.22. The lowest BCUT2D eigenvalue weighted by Crippen LogP contribution is -2.44. The first-order chi connectivity index (χ1) is 15.7. The van der Waals surface area contributed by atoms with Crippen molar-refractivity contribution in [2.24, 2.45) is 11.0 Å². The third kappa shape index (κ3) is 5.28. The minimum atomic E-state index is -0.284. The molecule has 1 fully saturated rings. The fraction of sp³-hybridized carbons (Fsp3) is 0.522. The molecule has 32 heavy (non-hydrogen) atoms. The van der Waals surface area contributed by atoms with E-state index in [1.165, 1.54) is 5.01 Å². The van der Waals surface area contributed by atoms with Gasteiger partial charge in [0.2, 0.25) is 5.91 Å². The summed E-state index contributed by atoms with van der Waals surface area (Å²) in [6.07, 6.45) is 6.04. The zero-order chi connectivity index (χ0) is 22.3. The number of ether oxygens (including phenoxy) is 1. The normalized spacial score (nSPS) is 19.8. The number of methoxy groups -OCH3 is 1. The summed E-state index contributed by atoms with van der Waals surface area (Å²) in [4.78, 5) is 27.6. The van der Waals surface area contributed by atoms with Gasteiger partial charge in [-0.2, -0.15) is 5.10 Å². The van der Waals surface area contributed by atoms with E-state index in [4.69, 9.17) is 13.6 Å². The number of amides is 2. The van der Waals surface area contributed by atoms with E-state index in [9.17, 15) is 9.59 Å². The smallest absolute Gasteiger partial charge is 0.257 e. The largest absolute Gasteiger partial charge is 0.467 e. The highest BCUT2D eigenvalue weighted by Crippen LogP contribution is 2.33. The molecule has 172 valence electrons. The van der Waals surface area contributed by atoms with Crippen molar-refractivity contribution in [1.82, 2.24) is 15.2 Å². The van der Waals surface area contributed by atoms with Crippen molar-refractivity contribution in [1.29, 1.82) is 0 Å². The van der Waals surface area contributed by atoms with Gasteiger partial charge >= 0.3 is 0 Å². The molecule has 2 aromatic rings. The minimum absolute atomic E-state index is 0.00451. The van der Waals surface area contributed by atoms with Gasteiger partial charge in [0, 0.05) is 32.6 Å². The molecule has 0 radical (unpaired) electrons. The van der Waals surface area contributed by atoms with E-state index in [-0.39, 0.29) is 30.3 Å². The zero-order valence-corrected chi connectivity index (χ0v) is 18.4. The molecule has 0 aliphatic carbocycles. The predicted octanol–water partition coefficient (Wildman–Crippen LogP) is 2.42. The Kier molecular flexibility index (Phi) is 7.39. The van der Waals surface area contributed by atoms with E-state index in [1.807, 2.05) is 24.3 Å². The molecule has 2 aliphatic rings. The summed E-state index contributed by atoms with van der Waals surface area (Å²) in [6.45, 7) is 2.94. The van der Waals surface area contributed by atoms with Crippen LogP contribution in [-0.2, 0) is 14.3 Å². The van der Waals surface area contributed by atoms with Crippen molar-refractivity contribution in [3.05, 3.63) is 48.3 Å². The highest BCUT2D eigenvalue weighted by molar-refractivity contribution is 6.01. The number of likely N-dealkylation sites (tertiary alicyclic amines) is 1. The average Bonchev–Trinajstić information content (AvgIpc) is 3.57. The monoisotopic (exact) mass is 442 g/mol. The number of rotatable bonds is 9. The third-order valence-electron chi connectivity index (χ3n) is 5.98. The maximum atomic E-state index is 13.2. The van der Waals surface area contributed by atoms with Crippen molar-refractivity contribution >= 4 is 17.5 Å². The zero-order valence-electron chi connectivity index (χ0n) is 18.4. The number of carbonyl (C=O) groups excluding carboxylic acids is 2. The highest BCUT2D eigenvalue weighted by atomic mass is 16.5. The van der Waals surface area contributed by atoms with Crippen LogP contribution in [0.4, 0.5) is 0 Å². The lowest BCUT2D eigenvalue weighted by atomic mass is 9.96. The first kappa shape index (κ1) is 22.3. The molecule has 1 unspecified atom stereocenters. The predicted molar refractivity (Wildman–Crippen MR) is 117 cm³/mol. The summed E-state index contributed by atoms with van der Waals surface area (Å²) in [7, 11) is 1.65. The molecule has 4 heterocycles. The molecular formula is C23H30N4O5. The summed E-state index contributed by atoms with van der Waals surface area (Å²) in [5.41, 5.74) is 0.730. The van der Waals surface area contributed by atoms with Crippen LogP contribution in [0.2, 0.25) is 0 Å². The molecular weight excluding hydrogens is 412 g/mol. The van der Waals surface area contributed by atoms with Crippen LogP contribution >= 0.6 is 0 Å². The van der Waals surface area contributed by atoms with E-state index >= 15 is 0 Å². The Labute approximate surface area is 187 Å². The number of piperidine rings is 1. The van der Waals surface area contributed by atoms with Gasteiger partial charge in [0.1, 0.15) is 23.3 Å². The van der Waals surface area contributed by atoms with Crippen molar-refractivity contribution < 1.29 is 23.2 Å². The van der Waals surface area contributed by atoms with Gasteiger partial charge in [0.25, 0.3) is 5.91 Å². The number of hydrogen-bond donors (Lipinski definition) is 1. The topological polar surface area (TPSA) is 101 Å². The Morgan fingerprint density at radius 1 is 1.19 bits per heavy atom. The number of carbonyl (C=O) groups is 2. The van der Waals surface area contributed by atoms with Gasteiger partial charge in [0.15, 0.2) is 0 Å². The van der Waals surface area contributed by atoms with Crippen LogP contribution < -0.4 is 5.32 Å². The molecule has 4 rings (SSSR count). The molecule has 0 aromatic carbocycles.